The third-order valence-corrected chi connectivity index (χ3v) is 1.34. The number of nitrogens with one attached hydrogen (secondary N) is 1. The van der Waals surface area contributed by atoms with Crippen LogP contribution in [0.3, 0.4) is 0 Å². The summed E-state index contributed by atoms with van der Waals surface area (Å²) in [5.41, 5.74) is -1.08. The molecule has 0 saturated carbocycles. The minimum absolute atomic E-state index is 0.585. The first kappa shape index (κ1) is 10.6. The monoisotopic (exact) mass is 213 g/mol. The van der Waals surface area contributed by atoms with Gasteiger partial charge in [-0.1, -0.05) is 0 Å². The zero-order valence-electron chi connectivity index (χ0n) is 6.49. The highest BCUT2D eigenvalue weighted by Crippen LogP contribution is 2.28. The summed E-state index contributed by atoms with van der Waals surface area (Å²) in [5.74, 6) is -4.54. The number of phenols is 1. The number of alkyl halides is 3. The number of hydrogen-bond donors (Lipinski definition) is 2. The molecule has 1 aromatic carbocycles. The van der Waals surface area contributed by atoms with Crippen LogP contribution in [-0.4, -0.2) is 11.4 Å². The molecule has 0 spiro atoms. The Morgan fingerprint density at radius 1 is 1.07 bits per heavy atom. The second-order valence-electron chi connectivity index (χ2n) is 2.38. The van der Waals surface area contributed by atoms with E-state index >= 15 is 0 Å². The summed E-state index contributed by atoms with van der Waals surface area (Å²) in [4.78, 5) is 0. The van der Waals surface area contributed by atoms with Crippen LogP contribution in [0.25, 0.3) is 0 Å². The predicted molar refractivity (Wildman–Crippen MR) is 37.7 cm³/mol. The van der Waals surface area contributed by atoms with E-state index in [9.17, 15) is 22.0 Å². The first-order chi connectivity index (χ1) is 6.31. The second kappa shape index (κ2) is 3.32. The largest absolute Gasteiger partial charge is 0.505 e. The number of aromatic hydroxyl groups is 1. The van der Waals surface area contributed by atoms with Crippen molar-refractivity contribution in [3.05, 3.63) is 23.8 Å². The Morgan fingerprint density at radius 3 is 2.14 bits per heavy atom. The lowest BCUT2D eigenvalue weighted by Crippen LogP contribution is -2.21. The molecule has 14 heavy (non-hydrogen) atoms. The van der Waals surface area contributed by atoms with Crippen LogP contribution in [0.4, 0.5) is 27.6 Å². The van der Waals surface area contributed by atoms with Gasteiger partial charge in [-0.25, -0.2) is 4.39 Å². The molecule has 0 radical (unpaired) electrons. The number of anilines is 1. The molecule has 7 heteroatoms. The minimum Gasteiger partial charge on any atom is -0.505 e. The Hall–Kier alpha value is -1.53. The maximum Gasteiger partial charge on any atom is 0.482 e. The van der Waals surface area contributed by atoms with Gasteiger partial charge in [-0.3, -0.25) is 5.32 Å². The molecule has 0 fully saturated rings. The van der Waals surface area contributed by atoms with Crippen molar-refractivity contribution < 1.29 is 27.1 Å². The van der Waals surface area contributed by atoms with Gasteiger partial charge in [0.1, 0.15) is 0 Å². The van der Waals surface area contributed by atoms with Gasteiger partial charge in [-0.15, -0.1) is 0 Å². The molecule has 0 atom stereocenters. The molecule has 1 rings (SSSR count). The Morgan fingerprint density at radius 2 is 1.64 bits per heavy atom. The first-order valence-electron chi connectivity index (χ1n) is 3.33. The SMILES string of the molecule is Oc1ccc(NC(F)(F)F)c(F)c1F. The van der Waals surface area contributed by atoms with Gasteiger partial charge in [0, 0.05) is 0 Å². The third kappa shape index (κ3) is 2.24. The van der Waals surface area contributed by atoms with E-state index in [1.54, 1.807) is 0 Å². The fourth-order valence-electron chi connectivity index (χ4n) is 0.789. The van der Waals surface area contributed by atoms with Gasteiger partial charge >= 0.3 is 6.30 Å². The fraction of sp³-hybridized carbons (Fsp3) is 0.143. The maximum atomic E-state index is 12.7. The van der Waals surface area contributed by atoms with Crippen LogP contribution in [0, 0.1) is 11.6 Å². The van der Waals surface area contributed by atoms with Crippen molar-refractivity contribution in [2.75, 3.05) is 5.32 Å². The van der Waals surface area contributed by atoms with Crippen LogP contribution in [0.5, 0.6) is 5.75 Å². The topological polar surface area (TPSA) is 32.3 Å². The molecule has 0 heterocycles. The van der Waals surface area contributed by atoms with Crippen LogP contribution < -0.4 is 5.32 Å². The molecule has 0 aliphatic heterocycles. The number of hydrogen-bond acceptors (Lipinski definition) is 2. The lowest BCUT2D eigenvalue weighted by atomic mass is 10.2. The van der Waals surface area contributed by atoms with E-state index in [0.717, 1.165) is 5.32 Å². The van der Waals surface area contributed by atoms with Crippen molar-refractivity contribution in [2.24, 2.45) is 0 Å². The molecular formula is C7H4F5NO. The van der Waals surface area contributed by atoms with E-state index in [1.807, 2.05) is 0 Å². The highest BCUT2D eigenvalue weighted by atomic mass is 19.4. The summed E-state index contributed by atoms with van der Waals surface area (Å²) in [6.45, 7) is 0. The van der Waals surface area contributed by atoms with Gasteiger partial charge in [0.05, 0.1) is 5.69 Å². The van der Waals surface area contributed by atoms with E-state index < -0.39 is 29.4 Å². The molecule has 1 aromatic rings. The summed E-state index contributed by atoms with van der Waals surface area (Å²) < 4.78 is 60.3. The summed E-state index contributed by atoms with van der Waals surface area (Å²) >= 11 is 0. The van der Waals surface area contributed by atoms with Crippen molar-refractivity contribution in [3.63, 3.8) is 0 Å². The van der Waals surface area contributed by atoms with E-state index in [-0.39, 0.29) is 0 Å². The Kier molecular flexibility index (Phi) is 2.50. The van der Waals surface area contributed by atoms with Gasteiger partial charge in [0.15, 0.2) is 11.6 Å². The van der Waals surface area contributed by atoms with Crippen molar-refractivity contribution in [2.45, 2.75) is 6.30 Å². The van der Waals surface area contributed by atoms with Crippen molar-refractivity contribution in [1.82, 2.24) is 0 Å². The van der Waals surface area contributed by atoms with E-state index in [2.05, 4.69) is 0 Å². The number of benzene rings is 1. The second-order valence-corrected chi connectivity index (χ2v) is 2.38. The summed E-state index contributed by atoms with van der Waals surface area (Å²) in [7, 11) is 0. The highest BCUT2D eigenvalue weighted by molar-refractivity contribution is 5.49. The van der Waals surface area contributed by atoms with Crippen molar-refractivity contribution in [1.29, 1.82) is 0 Å². The lowest BCUT2D eigenvalue weighted by Gasteiger charge is -2.11. The molecule has 0 aliphatic rings. The molecule has 0 bridgehead atoms. The van der Waals surface area contributed by atoms with Gasteiger partial charge in [0.2, 0.25) is 5.82 Å². The zero-order chi connectivity index (χ0) is 10.9. The normalized spacial score (nSPS) is 11.5. The summed E-state index contributed by atoms with van der Waals surface area (Å²) in [6, 6.07) is 1.20. The third-order valence-electron chi connectivity index (χ3n) is 1.34. The number of rotatable bonds is 1. The van der Waals surface area contributed by atoms with Crippen LogP contribution in [0.1, 0.15) is 0 Å². The van der Waals surface area contributed by atoms with Gasteiger partial charge < -0.3 is 5.11 Å². The van der Waals surface area contributed by atoms with Gasteiger partial charge in [-0.05, 0) is 12.1 Å². The molecule has 0 aliphatic carbocycles. The quantitative estimate of drug-likeness (QED) is 0.427. The minimum atomic E-state index is -4.86. The van der Waals surface area contributed by atoms with E-state index in [4.69, 9.17) is 5.11 Å². The van der Waals surface area contributed by atoms with Crippen molar-refractivity contribution in [3.8, 4) is 5.75 Å². The molecule has 78 valence electrons. The Labute approximate surface area is 75.0 Å². The molecular weight excluding hydrogens is 209 g/mol. The molecule has 0 aromatic heterocycles. The van der Waals surface area contributed by atoms with Gasteiger partial charge in [-0.2, -0.15) is 17.6 Å². The molecule has 2 N–H and O–H groups in total. The average molecular weight is 213 g/mol. The lowest BCUT2D eigenvalue weighted by molar-refractivity contribution is -0.100. The molecule has 0 amide bonds. The van der Waals surface area contributed by atoms with Crippen molar-refractivity contribution >= 4 is 5.69 Å². The van der Waals surface area contributed by atoms with Crippen LogP contribution in [-0.2, 0) is 0 Å². The predicted octanol–water partition coefficient (Wildman–Crippen LogP) is 2.60. The van der Waals surface area contributed by atoms with Crippen LogP contribution in [0.15, 0.2) is 12.1 Å². The fourth-order valence-corrected chi connectivity index (χ4v) is 0.789. The average Bonchev–Trinajstić information content (AvgIpc) is 2.04. The molecule has 2 nitrogen and oxygen atoms in total. The summed E-state index contributed by atoms with van der Waals surface area (Å²) in [5, 5.41) is 9.39. The van der Waals surface area contributed by atoms with Gasteiger partial charge in [0.25, 0.3) is 0 Å². The highest BCUT2D eigenvalue weighted by Gasteiger charge is 2.29. The number of halogens is 5. The summed E-state index contributed by atoms with van der Waals surface area (Å²) in [6.07, 6.45) is -4.86. The first-order valence-corrected chi connectivity index (χ1v) is 3.33. The molecule has 0 unspecified atom stereocenters. The zero-order valence-corrected chi connectivity index (χ0v) is 6.49. The maximum absolute atomic E-state index is 12.7. The Balaban J connectivity index is 3.06. The number of phenolic OH excluding ortho intramolecular Hbond substituents is 1. The van der Waals surface area contributed by atoms with Crippen LogP contribution in [0.2, 0.25) is 0 Å². The Bertz CT molecular complexity index is 349. The standard InChI is InChI=1S/C7H4F5NO/c8-5-3(13-7(10,11)12)1-2-4(14)6(5)9/h1-2,13-14H. The van der Waals surface area contributed by atoms with Crippen LogP contribution >= 0.6 is 0 Å². The van der Waals surface area contributed by atoms with E-state index in [1.165, 1.54) is 0 Å². The smallest absolute Gasteiger partial charge is 0.482 e. The molecule has 0 saturated heterocycles. The van der Waals surface area contributed by atoms with E-state index in [0.29, 0.717) is 12.1 Å².